The Labute approximate surface area is 154 Å². The molecule has 0 aliphatic rings. The minimum Gasteiger partial charge on any atom is -0.337 e. The van der Waals surface area contributed by atoms with Crippen molar-refractivity contribution in [1.29, 1.82) is 0 Å². The zero-order chi connectivity index (χ0) is 17.1. The minimum absolute atomic E-state index is 0.00935. The summed E-state index contributed by atoms with van der Waals surface area (Å²) in [5.74, 6) is 0.00935. The number of carbonyl (C=O) groups is 1. The van der Waals surface area contributed by atoms with Gasteiger partial charge < -0.3 is 4.90 Å². The first-order valence-electron chi connectivity index (χ1n) is 7.57. The van der Waals surface area contributed by atoms with Crippen molar-refractivity contribution in [3.63, 3.8) is 0 Å². The quantitative estimate of drug-likeness (QED) is 0.606. The van der Waals surface area contributed by atoms with Gasteiger partial charge in [0.2, 0.25) is 0 Å². The second-order valence-electron chi connectivity index (χ2n) is 5.59. The lowest BCUT2D eigenvalue weighted by Crippen LogP contribution is -2.26. The Kier molecular flexibility index (Phi) is 5.11. The van der Waals surface area contributed by atoms with Crippen molar-refractivity contribution < 1.29 is 4.79 Å². The maximum Gasteiger partial charge on any atom is 0.265 e. The Morgan fingerprint density at radius 1 is 1.12 bits per heavy atom. The van der Waals surface area contributed by atoms with Crippen LogP contribution >= 0.6 is 27.3 Å². The van der Waals surface area contributed by atoms with Crippen molar-refractivity contribution in [3.8, 4) is 10.6 Å². The first kappa shape index (κ1) is 16.9. The molecule has 3 aromatic rings. The lowest BCUT2D eigenvalue weighted by molar-refractivity contribution is 0.0789. The highest BCUT2D eigenvalue weighted by molar-refractivity contribution is 9.10. The minimum atomic E-state index is 0.00935. The van der Waals surface area contributed by atoms with E-state index in [0.29, 0.717) is 11.4 Å². The van der Waals surface area contributed by atoms with Crippen LogP contribution in [-0.4, -0.2) is 22.8 Å². The molecular formula is C19H17BrN2OS. The van der Waals surface area contributed by atoms with Gasteiger partial charge in [-0.3, -0.25) is 4.79 Å². The summed E-state index contributed by atoms with van der Waals surface area (Å²) in [6.45, 7) is 2.47. The highest BCUT2D eigenvalue weighted by atomic mass is 79.9. The number of rotatable bonds is 4. The van der Waals surface area contributed by atoms with Gasteiger partial charge in [0.15, 0.2) is 0 Å². The van der Waals surface area contributed by atoms with Crippen LogP contribution in [0.1, 0.15) is 20.9 Å². The van der Waals surface area contributed by atoms with E-state index in [9.17, 15) is 4.79 Å². The number of amides is 1. The van der Waals surface area contributed by atoms with Crippen LogP contribution in [0, 0.1) is 6.92 Å². The second-order valence-corrected chi connectivity index (χ2v) is 7.50. The summed E-state index contributed by atoms with van der Waals surface area (Å²) in [5, 5.41) is 0.883. The van der Waals surface area contributed by atoms with Crippen LogP contribution in [0.3, 0.4) is 0 Å². The van der Waals surface area contributed by atoms with Crippen LogP contribution in [0.5, 0.6) is 0 Å². The largest absolute Gasteiger partial charge is 0.337 e. The fourth-order valence-corrected chi connectivity index (χ4v) is 3.74. The fourth-order valence-electron chi connectivity index (χ4n) is 2.41. The van der Waals surface area contributed by atoms with Crippen molar-refractivity contribution in [3.05, 3.63) is 75.2 Å². The first-order valence-corrected chi connectivity index (χ1v) is 9.18. The molecule has 24 heavy (non-hydrogen) atoms. The predicted octanol–water partition coefficient (Wildman–Crippen LogP) is 5.15. The topological polar surface area (TPSA) is 33.2 Å². The lowest BCUT2D eigenvalue weighted by Gasteiger charge is -2.16. The number of nitrogens with zero attached hydrogens (tertiary/aromatic N) is 2. The van der Waals surface area contributed by atoms with Gasteiger partial charge in [0.1, 0.15) is 9.88 Å². The number of aryl methyl sites for hydroxylation is 1. The van der Waals surface area contributed by atoms with E-state index in [4.69, 9.17) is 0 Å². The molecule has 1 aromatic heterocycles. The Balaban J connectivity index is 1.79. The summed E-state index contributed by atoms with van der Waals surface area (Å²) >= 11 is 4.88. The van der Waals surface area contributed by atoms with Crippen molar-refractivity contribution in [1.82, 2.24) is 9.88 Å². The molecule has 122 valence electrons. The molecule has 0 fully saturated rings. The Morgan fingerprint density at radius 2 is 1.79 bits per heavy atom. The van der Waals surface area contributed by atoms with E-state index in [2.05, 4.69) is 20.9 Å². The highest BCUT2D eigenvalue weighted by Gasteiger charge is 2.19. The monoisotopic (exact) mass is 400 g/mol. The standard InChI is InChI=1S/C19H17BrN2OS/c1-13-17(24-18(21-13)15-6-4-3-5-7-15)19(23)22(2)12-14-8-10-16(20)11-9-14/h3-11H,12H2,1-2H3. The maximum absolute atomic E-state index is 12.8. The molecule has 5 heteroatoms. The van der Waals surface area contributed by atoms with Crippen LogP contribution < -0.4 is 0 Å². The Morgan fingerprint density at radius 3 is 2.46 bits per heavy atom. The van der Waals surface area contributed by atoms with E-state index in [1.54, 1.807) is 4.90 Å². The molecular weight excluding hydrogens is 384 g/mol. The average Bonchev–Trinajstić information content (AvgIpc) is 2.99. The summed E-state index contributed by atoms with van der Waals surface area (Å²) in [4.78, 5) is 19.8. The SMILES string of the molecule is Cc1nc(-c2ccccc2)sc1C(=O)N(C)Cc1ccc(Br)cc1. The zero-order valence-corrected chi connectivity index (χ0v) is 15.9. The highest BCUT2D eigenvalue weighted by Crippen LogP contribution is 2.28. The summed E-state index contributed by atoms with van der Waals surface area (Å²) in [6.07, 6.45) is 0. The third kappa shape index (κ3) is 3.74. The Bertz CT molecular complexity index is 844. The molecule has 0 aliphatic heterocycles. The third-order valence-electron chi connectivity index (χ3n) is 3.69. The molecule has 0 N–H and O–H groups in total. The molecule has 0 saturated heterocycles. The van der Waals surface area contributed by atoms with Gasteiger partial charge in [0.25, 0.3) is 5.91 Å². The summed E-state index contributed by atoms with van der Waals surface area (Å²) in [5.41, 5.74) is 2.92. The molecule has 1 heterocycles. The molecule has 2 aromatic carbocycles. The van der Waals surface area contributed by atoms with E-state index < -0.39 is 0 Å². The van der Waals surface area contributed by atoms with Gasteiger partial charge in [0.05, 0.1) is 5.69 Å². The van der Waals surface area contributed by atoms with Crippen LogP contribution in [-0.2, 0) is 6.54 Å². The molecule has 3 rings (SSSR count). The van der Waals surface area contributed by atoms with Crippen LogP contribution in [0.4, 0.5) is 0 Å². The number of aromatic nitrogens is 1. The van der Waals surface area contributed by atoms with Gasteiger partial charge in [-0.1, -0.05) is 58.4 Å². The number of carbonyl (C=O) groups excluding carboxylic acids is 1. The molecule has 0 unspecified atom stereocenters. The summed E-state index contributed by atoms with van der Waals surface area (Å²) in [7, 11) is 1.83. The van der Waals surface area contributed by atoms with Gasteiger partial charge in [-0.15, -0.1) is 11.3 Å². The number of hydrogen-bond donors (Lipinski definition) is 0. The molecule has 3 nitrogen and oxygen atoms in total. The fraction of sp³-hybridized carbons (Fsp3) is 0.158. The van der Waals surface area contributed by atoms with Crippen LogP contribution in [0.25, 0.3) is 10.6 Å². The van der Waals surface area contributed by atoms with Crippen molar-refractivity contribution in [2.75, 3.05) is 7.05 Å². The molecule has 0 saturated carbocycles. The lowest BCUT2D eigenvalue weighted by atomic mass is 10.2. The third-order valence-corrected chi connectivity index (χ3v) is 5.41. The Hall–Kier alpha value is -1.98. The average molecular weight is 401 g/mol. The van der Waals surface area contributed by atoms with Crippen molar-refractivity contribution in [2.45, 2.75) is 13.5 Å². The van der Waals surface area contributed by atoms with Gasteiger partial charge in [0, 0.05) is 23.6 Å². The normalized spacial score (nSPS) is 10.6. The van der Waals surface area contributed by atoms with E-state index in [0.717, 1.165) is 26.3 Å². The van der Waals surface area contributed by atoms with Gasteiger partial charge >= 0.3 is 0 Å². The van der Waals surface area contributed by atoms with E-state index >= 15 is 0 Å². The van der Waals surface area contributed by atoms with Gasteiger partial charge in [-0.25, -0.2) is 4.98 Å². The molecule has 0 radical (unpaired) electrons. The van der Waals surface area contributed by atoms with E-state index in [1.165, 1.54) is 11.3 Å². The molecule has 1 amide bonds. The smallest absolute Gasteiger partial charge is 0.265 e. The summed E-state index contributed by atoms with van der Waals surface area (Å²) in [6, 6.07) is 18.0. The van der Waals surface area contributed by atoms with E-state index in [1.807, 2.05) is 68.6 Å². The van der Waals surface area contributed by atoms with Gasteiger partial charge in [-0.2, -0.15) is 0 Å². The molecule has 0 aliphatic carbocycles. The number of thiazole rings is 1. The van der Waals surface area contributed by atoms with E-state index in [-0.39, 0.29) is 5.91 Å². The number of halogens is 1. The van der Waals surface area contributed by atoms with Crippen LogP contribution in [0.15, 0.2) is 59.1 Å². The summed E-state index contributed by atoms with van der Waals surface area (Å²) < 4.78 is 1.03. The number of hydrogen-bond acceptors (Lipinski definition) is 3. The second kappa shape index (κ2) is 7.28. The zero-order valence-electron chi connectivity index (χ0n) is 13.5. The number of benzene rings is 2. The first-order chi connectivity index (χ1) is 11.5. The van der Waals surface area contributed by atoms with Crippen molar-refractivity contribution >= 4 is 33.2 Å². The molecule has 0 bridgehead atoms. The predicted molar refractivity (Wildman–Crippen MR) is 102 cm³/mol. The maximum atomic E-state index is 12.8. The van der Waals surface area contributed by atoms with Crippen LogP contribution in [0.2, 0.25) is 0 Å². The van der Waals surface area contributed by atoms with Crippen molar-refractivity contribution in [2.24, 2.45) is 0 Å². The van der Waals surface area contributed by atoms with Gasteiger partial charge in [-0.05, 0) is 24.6 Å². The molecule has 0 atom stereocenters. The molecule has 0 spiro atoms.